The van der Waals surface area contributed by atoms with Crippen molar-refractivity contribution in [3.05, 3.63) is 59.7 Å². The molecule has 1 fully saturated rings. The largest absolute Gasteiger partial charge is 0.372 e. The van der Waals surface area contributed by atoms with Gasteiger partial charge in [-0.25, -0.2) is 8.78 Å². The first kappa shape index (κ1) is 20.3. The third-order valence-electron chi connectivity index (χ3n) is 5.25. The predicted molar refractivity (Wildman–Crippen MR) is 107 cm³/mol. The molecule has 1 aliphatic rings. The van der Waals surface area contributed by atoms with Gasteiger partial charge >= 0.3 is 0 Å². The van der Waals surface area contributed by atoms with Gasteiger partial charge in [-0.1, -0.05) is 12.8 Å². The molecule has 2 aromatic rings. The summed E-state index contributed by atoms with van der Waals surface area (Å²) in [5.41, 5.74) is 2.60. The molecule has 1 saturated heterocycles. The Hall–Kier alpha value is -2.47. The van der Waals surface area contributed by atoms with Gasteiger partial charge in [0.1, 0.15) is 6.04 Å². The summed E-state index contributed by atoms with van der Waals surface area (Å²) in [6.07, 6.45) is 5.04. The Morgan fingerprint density at radius 1 is 1.04 bits per heavy atom. The Labute approximate surface area is 164 Å². The number of nitrogens with one attached hydrogen (secondary N) is 1. The van der Waals surface area contributed by atoms with E-state index >= 15 is 0 Å². The molecule has 3 N–H and O–H groups in total. The van der Waals surface area contributed by atoms with Gasteiger partial charge in [-0.2, -0.15) is 0 Å². The number of rotatable bonds is 6. The first-order valence-corrected chi connectivity index (χ1v) is 9.96. The molecule has 0 saturated carbocycles. The highest BCUT2D eigenvalue weighted by Crippen LogP contribution is 2.21. The van der Waals surface area contributed by atoms with Crippen LogP contribution in [-0.4, -0.2) is 25.5 Å². The molecular weight excluding hydrogens is 360 g/mol. The summed E-state index contributed by atoms with van der Waals surface area (Å²) >= 11 is 0. The Kier molecular flexibility index (Phi) is 6.98. The molecule has 150 valence electrons. The van der Waals surface area contributed by atoms with Crippen molar-refractivity contribution in [3.8, 4) is 0 Å². The number of nitrogens with zero attached hydrogens (tertiary/aromatic N) is 1. The van der Waals surface area contributed by atoms with E-state index in [1.807, 2.05) is 19.1 Å². The minimum atomic E-state index is -0.869. The number of carbonyl (C=O) groups is 1. The van der Waals surface area contributed by atoms with Gasteiger partial charge < -0.3 is 15.5 Å². The topological polar surface area (TPSA) is 49.0 Å². The van der Waals surface area contributed by atoms with Crippen molar-refractivity contribution in [2.45, 2.75) is 38.6 Å². The lowest BCUT2D eigenvalue weighted by atomic mass is 10.1. The molecule has 1 aliphatic heterocycles. The molecule has 1 heterocycles. The zero-order chi connectivity index (χ0) is 19.9. The standard InChI is InChI=1S/C22H27F2N3O/c1-16(17-6-11-20(23)21(24)14-17)25-15-22(28)26-18-7-9-19(10-8-18)27-12-4-2-3-5-13-27/h6-11,14,16,25H,2-5,12-13,15H2,1H3,(H,26,28)/p+1/t16-/m1/s1. The molecule has 28 heavy (non-hydrogen) atoms. The fourth-order valence-electron chi connectivity index (χ4n) is 3.51. The van der Waals surface area contributed by atoms with Crippen molar-refractivity contribution in [1.82, 2.24) is 0 Å². The van der Waals surface area contributed by atoms with E-state index < -0.39 is 11.6 Å². The molecule has 2 aromatic carbocycles. The Morgan fingerprint density at radius 3 is 2.36 bits per heavy atom. The van der Waals surface area contributed by atoms with Crippen LogP contribution in [0.1, 0.15) is 44.2 Å². The summed E-state index contributed by atoms with van der Waals surface area (Å²) in [6.45, 7) is 4.23. The Morgan fingerprint density at radius 2 is 1.71 bits per heavy atom. The van der Waals surface area contributed by atoms with Gasteiger partial charge in [0, 0.05) is 30.0 Å². The fourth-order valence-corrected chi connectivity index (χ4v) is 3.51. The summed E-state index contributed by atoms with van der Waals surface area (Å²) in [5, 5.41) is 4.69. The maximum Gasteiger partial charge on any atom is 0.279 e. The number of hydrogen-bond donors (Lipinski definition) is 2. The highest BCUT2D eigenvalue weighted by molar-refractivity contribution is 5.91. The third-order valence-corrected chi connectivity index (χ3v) is 5.25. The summed E-state index contributed by atoms with van der Waals surface area (Å²) in [4.78, 5) is 14.6. The van der Waals surface area contributed by atoms with Crippen LogP contribution in [0.15, 0.2) is 42.5 Å². The summed E-state index contributed by atoms with van der Waals surface area (Å²) in [7, 11) is 0. The van der Waals surface area contributed by atoms with Crippen molar-refractivity contribution in [3.63, 3.8) is 0 Å². The number of anilines is 2. The monoisotopic (exact) mass is 388 g/mol. The third kappa shape index (κ3) is 5.52. The lowest BCUT2D eigenvalue weighted by molar-refractivity contribution is -0.682. The highest BCUT2D eigenvalue weighted by Gasteiger charge is 2.14. The van der Waals surface area contributed by atoms with Crippen molar-refractivity contribution < 1.29 is 18.9 Å². The number of amides is 1. The molecule has 0 unspecified atom stereocenters. The lowest BCUT2D eigenvalue weighted by Gasteiger charge is -2.22. The lowest BCUT2D eigenvalue weighted by Crippen LogP contribution is -2.86. The number of carbonyl (C=O) groups excluding carboxylic acids is 1. The predicted octanol–water partition coefficient (Wildman–Crippen LogP) is 3.61. The van der Waals surface area contributed by atoms with E-state index in [1.165, 1.54) is 37.4 Å². The van der Waals surface area contributed by atoms with Crippen LogP contribution in [0, 0.1) is 11.6 Å². The van der Waals surface area contributed by atoms with E-state index in [2.05, 4.69) is 22.3 Å². The van der Waals surface area contributed by atoms with Crippen LogP contribution >= 0.6 is 0 Å². The van der Waals surface area contributed by atoms with Gasteiger partial charge in [-0.3, -0.25) is 4.79 Å². The number of benzene rings is 2. The second kappa shape index (κ2) is 9.64. The number of quaternary nitrogens is 1. The van der Waals surface area contributed by atoms with E-state index in [1.54, 1.807) is 11.4 Å². The van der Waals surface area contributed by atoms with Crippen molar-refractivity contribution in [2.24, 2.45) is 0 Å². The number of nitrogens with two attached hydrogens (primary N) is 1. The van der Waals surface area contributed by atoms with Crippen LogP contribution in [0.2, 0.25) is 0 Å². The summed E-state index contributed by atoms with van der Waals surface area (Å²) < 4.78 is 26.4. The number of hydrogen-bond acceptors (Lipinski definition) is 2. The molecule has 6 heteroatoms. The first-order chi connectivity index (χ1) is 13.5. The first-order valence-electron chi connectivity index (χ1n) is 9.96. The maximum atomic E-state index is 13.3. The van der Waals surface area contributed by atoms with Gasteiger partial charge in [0.15, 0.2) is 18.2 Å². The summed E-state index contributed by atoms with van der Waals surface area (Å²) in [5.74, 6) is -1.86. The van der Waals surface area contributed by atoms with Gasteiger partial charge in [-0.05, 0) is 62.2 Å². The SMILES string of the molecule is C[C@@H]([NH2+]CC(=O)Nc1ccc(N2CCCCCC2)cc1)c1ccc(F)c(F)c1. The van der Waals surface area contributed by atoms with E-state index in [-0.39, 0.29) is 18.5 Å². The molecule has 0 aliphatic carbocycles. The Balaban J connectivity index is 1.49. The van der Waals surface area contributed by atoms with E-state index in [4.69, 9.17) is 0 Å². The van der Waals surface area contributed by atoms with Gasteiger partial charge in [0.2, 0.25) is 0 Å². The van der Waals surface area contributed by atoms with E-state index in [0.29, 0.717) is 5.56 Å². The van der Waals surface area contributed by atoms with Crippen LogP contribution in [-0.2, 0) is 4.79 Å². The quantitative estimate of drug-likeness (QED) is 0.794. The molecule has 0 spiro atoms. The molecule has 3 rings (SSSR count). The molecular formula is C22H28F2N3O+. The van der Waals surface area contributed by atoms with Crippen LogP contribution in [0.25, 0.3) is 0 Å². The second-order valence-electron chi connectivity index (χ2n) is 7.40. The maximum absolute atomic E-state index is 13.3. The minimum Gasteiger partial charge on any atom is -0.372 e. The van der Waals surface area contributed by atoms with Crippen molar-refractivity contribution in [1.29, 1.82) is 0 Å². The van der Waals surface area contributed by atoms with Crippen LogP contribution in [0.3, 0.4) is 0 Å². The van der Waals surface area contributed by atoms with E-state index in [9.17, 15) is 13.6 Å². The van der Waals surface area contributed by atoms with Crippen LogP contribution < -0.4 is 15.5 Å². The smallest absolute Gasteiger partial charge is 0.279 e. The Bertz CT molecular complexity index is 787. The zero-order valence-corrected chi connectivity index (χ0v) is 16.3. The fraction of sp³-hybridized carbons (Fsp3) is 0.409. The zero-order valence-electron chi connectivity index (χ0n) is 16.3. The van der Waals surface area contributed by atoms with E-state index in [0.717, 1.165) is 24.8 Å². The highest BCUT2D eigenvalue weighted by atomic mass is 19.2. The molecule has 0 radical (unpaired) electrons. The van der Waals surface area contributed by atoms with Crippen LogP contribution in [0.4, 0.5) is 20.2 Å². The molecule has 4 nitrogen and oxygen atoms in total. The minimum absolute atomic E-state index is 0.128. The molecule has 0 aromatic heterocycles. The van der Waals surface area contributed by atoms with Gasteiger partial charge in [-0.15, -0.1) is 0 Å². The average molecular weight is 388 g/mol. The molecule has 1 amide bonds. The molecule has 0 bridgehead atoms. The van der Waals surface area contributed by atoms with Crippen molar-refractivity contribution in [2.75, 3.05) is 29.9 Å². The van der Waals surface area contributed by atoms with Crippen LogP contribution in [0.5, 0.6) is 0 Å². The molecule has 1 atom stereocenters. The van der Waals surface area contributed by atoms with Crippen molar-refractivity contribution >= 4 is 17.3 Å². The normalized spacial score (nSPS) is 15.8. The van der Waals surface area contributed by atoms with Gasteiger partial charge in [0.05, 0.1) is 0 Å². The second-order valence-corrected chi connectivity index (χ2v) is 7.40. The summed E-state index contributed by atoms with van der Waals surface area (Å²) in [6, 6.07) is 11.6. The number of halogens is 2. The van der Waals surface area contributed by atoms with Gasteiger partial charge in [0.25, 0.3) is 5.91 Å². The average Bonchev–Trinajstić information content (AvgIpc) is 2.98.